The van der Waals surface area contributed by atoms with Gasteiger partial charge < -0.3 is 5.73 Å². The minimum Gasteiger partial charge on any atom is -0.324 e. The predicted molar refractivity (Wildman–Crippen MR) is 71.0 cm³/mol. The number of fused-ring (bicyclic) bond motifs is 1. The van der Waals surface area contributed by atoms with E-state index in [1.165, 1.54) is 11.3 Å². The van der Waals surface area contributed by atoms with Crippen LogP contribution < -0.4 is 5.73 Å². The first-order chi connectivity index (χ1) is 8.45. The van der Waals surface area contributed by atoms with Crippen LogP contribution in [0.3, 0.4) is 0 Å². The Balaban J connectivity index is 2.48. The Labute approximate surface area is 109 Å². The zero-order valence-electron chi connectivity index (χ0n) is 11.5. The third kappa shape index (κ3) is 2.28. The van der Waals surface area contributed by atoms with Crippen LogP contribution in [-0.2, 0) is 18.4 Å². The van der Waals surface area contributed by atoms with Crippen LogP contribution in [-0.4, -0.2) is 9.78 Å². The van der Waals surface area contributed by atoms with Crippen LogP contribution in [0.5, 0.6) is 0 Å². The fourth-order valence-electron chi connectivity index (χ4n) is 2.69. The Morgan fingerprint density at radius 1 is 1.50 bits per heavy atom. The molecular weight excluding hydrogens is 224 g/mol. The van der Waals surface area contributed by atoms with Gasteiger partial charge in [-0.15, -0.1) is 0 Å². The average Bonchev–Trinajstić information content (AvgIpc) is 2.66. The van der Waals surface area contributed by atoms with Gasteiger partial charge in [-0.1, -0.05) is 20.8 Å². The SMILES string of the molecule is CC(C)(C)c1nn(CCC#N)c2c1C(N)CCC2. The minimum atomic E-state index is 0.0108. The fourth-order valence-corrected chi connectivity index (χ4v) is 2.69. The van der Waals surface area contributed by atoms with E-state index in [-0.39, 0.29) is 11.5 Å². The van der Waals surface area contributed by atoms with Crippen LogP contribution in [0.1, 0.15) is 63.0 Å². The topological polar surface area (TPSA) is 67.6 Å². The highest BCUT2D eigenvalue weighted by atomic mass is 15.3. The second kappa shape index (κ2) is 4.74. The van der Waals surface area contributed by atoms with Crippen molar-refractivity contribution in [2.75, 3.05) is 0 Å². The van der Waals surface area contributed by atoms with Crippen LogP contribution in [0.25, 0.3) is 0 Å². The first-order valence-corrected chi connectivity index (χ1v) is 6.67. The van der Waals surface area contributed by atoms with Crippen molar-refractivity contribution < 1.29 is 0 Å². The van der Waals surface area contributed by atoms with E-state index in [1.807, 2.05) is 4.68 Å². The summed E-state index contributed by atoms with van der Waals surface area (Å²) in [5, 5.41) is 13.5. The maximum absolute atomic E-state index is 8.73. The van der Waals surface area contributed by atoms with Gasteiger partial charge in [0.15, 0.2) is 0 Å². The molecule has 0 radical (unpaired) electrons. The molecule has 1 aromatic rings. The van der Waals surface area contributed by atoms with Crippen molar-refractivity contribution in [3.63, 3.8) is 0 Å². The van der Waals surface area contributed by atoms with Crippen molar-refractivity contribution in [3.8, 4) is 6.07 Å². The van der Waals surface area contributed by atoms with Gasteiger partial charge in [0, 0.05) is 22.7 Å². The maximum atomic E-state index is 8.73. The van der Waals surface area contributed by atoms with Gasteiger partial charge in [-0.05, 0) is 19.3 Å². The van der Waals surface area contributed by atoms with E-state index >= 15 is 0 Å². The number of hydrogen-bond donors (Lipinski definition) is 1. The van der Waals surface area contributed by atoms with Crippen molar-refractivity contribution in [1.29, 1.82) is 5.26 Å². The lowest BCUT2D eigenvalue weighted by molar-refractivity contribution is 0.523. The van der Waals surface area contributed by atoms with Crippen molar-refractivity contribution in [3.05, 3.63) is 17.0 Å². The summed E-state index contributed by atoms with van der Waals surface area (Å²) in [6.07, 6.45) is 3.71. The number of hydrogen-bond acceptors (Lipinski definition) is 3. The van der Waals surface area contributed by atoms with E-state index in [1.54, 1.807) is 0 Å². The molecule has 4 nitrogen and oxygen atoms in total. The van der Waals surface area contributed by atoms with E-state index in [0.29, 0.717) is 13.0 Å². The van der Waals surface area contributed by atoms with Crippen molar-refractivity contribution in [2.45, 2.75) is 64.5 Å². The van der Waals surface area contributed by atoms with E-state index in [9.17, 15) is 0 Å². The largest absolute Gasteiger partial charge is 0.324 e. The molecule has 1 unspecified atom stereocenters. The summed E-state index contributed by atoms with van der Waals surface area (Å²) in [6, 6.07) is 2.30. The van der Waals surface area contributed by atoms with E-state index in [0.717, 1.165) is 25.0 Å². The minimum absolute atomic E-state index is 0.0108. The Bertz CT molecular complexity index is 473. The second-order valence-electron chi connectivity index (χ2n) is 6.09. The van der Waals surface area contributed by atoms with Crippen LogP contribution in [0.4, 0.5) is 0 Å². The Morgan fingerprint density at radius 2 is 2.22 bits per heavy atom. The molecule has 1 aliphatic rings. The molecule has 1 heterocycles. The van der Waals surface area contributed by atoms with Gasteiger partial charge in [0.1, 0.15) is 0 Å². The number of nitrogens with zero attached hydrogens (tertiary/aromatic N) is 3. The summed E-state index contributed by atoms with van der Waals surface area (Å²) >= 11 is 0. The van der Waals surface area contributed by atoms with Crippen LogP contribution in [0.15, 0.2) is 0 Å². The quantitative estimate of drug-likeness (QED) is 0.871. The van der Waals surface area contributed by atoms with Gasteiger partial charge in [-0.25, -0.2) is 0 Å². The van der Waals surface area contributed by atoms with E-state index in [2.05, 4.69) is 26.8 Å². The zero-order chi connectivity index (χ0) is 13.3. The van der Waals surface area contributed by atoms with Gasteiger partial charge >= 0.3 is 0 Å². The molecule has 0 fully saturated rings. The first kappa shape index (κ1) is 13.1. The van der Waals surface area contributed by atoms with Crippen LogP contribution in [0, 0.1) is 11.3 Å². The second-order valence-corrected chi connectivity index (χ2v) is 6.09. The van der Waals surface area contributed by atoms with Crippen molar-refractivity contribution in [2.24, 2.45) is 5.73 Å². The van der Waals surface area contributed by atoms with E-state index in [4.69, 9.17) is 16.1 Å². The Hall–Kier alpha value is -1.34. The summed E-state index contributed by atoms with van der Waals surface area (Å²) in [5.41, 5.74) is 9.89. The lowest BCUT2D eigenvalue weighted by Crippen LogP contribution is -2.22. The molecule has 0 bridgehead atoms. The third-order valence-electron chi connectivity index (χ3n) is 3.54. The van der Waals surface area contributed by atoms with Gasteiger partial charge in [0.05, 0.1) is 24.7 Å². The smallest absolute Gasteiger partial charge is 0.0728 e. The standard InChI is InChI=1S/C14H22N4/c1-14(2,3)13-12-10(16)6-4-7-11(12)18(17-13)9-5-8-15/h10H,4-7,9,16H2,1-3H3. The molecule has 0 aromatic carbocycles. The molecule has 0 saturated heterocycles. The molecular formula is C14H22N4. The molecule has 4 heteroatoms. The number of aryl methyl sites for hydroxylation is 1. The molecule has 0 amide bonds. The lowest BCUT2D eigenvalue weighted by atomic mass is 9.82. The van der Waals surface area contributed by atoms with Crippen LogP contribution >= 0.6 is 0 Å². The molecule has 2 rings (SSSR count). The normalized spacial score (nSPS) is 19.4. The predicted octanol–water partition coefficient (Wildman–Crippen LogP) is 2.43. The van der Waals surface area contributed by atoms with E-state index < -0.39 is 0 Å². The first-order valence-electron chi connectivity index (χ1n) is 6.67. The number of aromatic nitrogens is 2. The highest BCUT2D eigenvalue weighted by Crippen LogP contribution is 2.36. The van der Waals surface area contributed by atoms with Gasteiger partial charge in [0.25, 0.3) is 0 Å². The molecule has 0 aliphatic heterocycles. The summed E-state index contributed by atoms with van der Waals surface area (Å²) in [7, 11) is 0. The molecule has 2 N–H and O–H groups in total. The molecule has 1 atom stereocenters. The van der Waals surface area contributed by atoms with Crippen LogP contribution in [0.2, 0.25) is 0 Å². The highest BCUT2D eigenvalue weighted by Gasteiger charge is 2.31. The molecule has 0 spiro atoms. The summed E-state index contributed by atoms with van der Waals surface area (Å²) in [6.45, 7) is 7.20. The van der Waals surface area contributed by atoms with Gasteiger partial charge in [-0.2, -0.15) is 10.4 Å². The molecule has 1 aliphatic carbocycles. The zero-order valence-corrected chi connectivity index (χ0v) is 11.5. The number of nitrogens with two attached hydrogens (primary N) is 1. The lowest BCUT2D eigenvalue weighted by Gasteiger charge is -2.24. The fraction of sp³-hybridized carbons (Fsp3) is 0.714. The maximum Gasteiger partial charge on any atom is 0.0728 e. The average molecular weight is 246 g/mol. The highest BCUT2D eigenvalue weighted by molar-refractivity contribution is 5.35. The van der Waals surface area contributed by atoms with Crippen molar-refractivity contribution in [1.82, 2.24) is 9.78 Å². The molecule has 18 heavy (non-hydrogen) atoms. The Morgan fingerprint density at radius 3 is 2.83 bits per heavy atom. The number of rotatable bonds is 2. The van der Waals surface area contributed by atoms with Gasteiger partial charge in [-0.3, -0.25) is 4.68 Å². The monoisotopic (exact) mass is 246 g/mol. The summed E-state index contributed by atoms with van der Waals surface area (Å²) in [4.78, 5) is 0. The molecule has 98 valence electrons. The van der Waals surface area contributed by atoms with Gasteiger partial charge in [0.2, 0.25) is 0 Å². The molecule has 0 saturated carbocycles. The Kier molecular flexibility index (Phi) is 3.45. The summed E-state index contributed by atoms with van der Waals surface area (Å²) < 4.78 is 2.01. The molecule has 1 aromatic heterocycles. The summed E-state index contributed by atoms with van der Waals surface area (Å²) in [5.74, 6) is 0. The number of nitriles is 1. The third-order valence-corrected chi connectivity index (χ3v) is 3.54. The van der Waals surface area contributed by atoms with Crippen molar-refractivity contribution >= 4 is 0 Å².